The Morgan fingerprint density at radius 3 is 2.00 bits per heavy atom. The fourth-order valence-corrected chi connectivity index (χ4v) is 0.223. The molecule has 0 aromatic carbocycles. The first-order valence-corrected chi connectivity index (χ1v) is 2.40. The SMILES string of the molecule is C.CCN(C)C(C)=O. The maximum absolute atomic E-state index is 10.3. The minimum atomic E-state index is 0. The van der Waals surface area contributed by atoms with Crippen LogP contribution < -0.4 is 0 Å². The molecule has 0 aliphatic carbocycles. The van der Waals surface area contributed by atoms with Gasteiger partial charge in [0.25, 0.3) is 0 Å². The molecule has 0 aromatic rings. The summed E-state index contributed by atoms with van der Waals surface area (Å²) < 4.78 is 0. The molecular formula is C6H15NO. The zero-order chi connectivity index (χ0) is 5.86. The van der Waals surface area contributed by atoms with E-state index in [1.54, 1.807) is 18.9 Å². The smallest absolute Gasteiger partial charge is 0.219 e. The molecule has 1 amide bonds. The fraction of sp³-hybridized carbons (Fsp3) is 0.833. The Balaban J connectivity index is 0. The molecule has 0 aromatic heterocycles. The van der Waals surface area contributed by atoms with Crippen LogP contribution in [-0.4, -0.2) is 24.4 Å². The number of amides is 1. The van der Waals surface area contributed by atoms with E-state index in [4.69, 9.17) is 0 Å². The van der Waals surface area contributed by atoms with Gasteiger partial charge in [0.05, 0.1) is 0 Å². The summed E-state index contributed by atoms with van der Waals surface area (Å²) in [5.41, 5.74) is 0. The number of hydrogen-bond donors (Lipinski definition) is 0. The van der Waals surface area contributed by atoms with E-state index in [1.807, 2.05) is 6.92 Å². The largest absolute Gasteiger partial charge is 0.346 e. The Kier molecular flexibility index (Phi) is 6.04. The van der Waals surface area contributed by atoms with E-state index >= 15 is 0 Å². The van der Waals surface area contributed by atoms with E-state index in [0.29, 0.717) is 0 Å². The monoisotopic (exact) mass is 117 g/mol. The van der Waals surface area contributed by atoms with Crippen LogP contribution in [0.15, 0.2) is 0 Å². The van der Waals surface area contributed by atoms with Crippen molar-refractivity contribution in [2.24, 2.45) is 0 Å². The molecule has 0 saturated heterocycles. The van der Waals surface area contributed by atoms with Gasteiger partial charge in [-0.2, -0.15) is 0 Å². The molecule has 2 heteroatoms. The van der Waals surface area contributed by atoms with Crippen LogP contribution in [-0.2, 0) is 4.79 Å². The first kappa shape index (κ1) is 10.5. The lowest BCUT2D eigenvalue weighted by Gasteiger charge is -2.09. The third-order valence-electron chi connectivity index (χ3n) is 1.01. The Labute approximate surface area is 51.5 Å². The fourth-order valence-electron chi connectivity index (χ4n) is 0.223. The number of nitrogens with zero attached hydrogens (tertiary/aromatic N) is 1. The minimum Gasteiger partial charge on any atom is -0.346 e. The highest BCUT2D eigenvalue weighted by Gasteiger charge is 1.93. The Bertz CT molecular complexity index is 70.9. The maximum Gasteiger partial charge on any atom is 0.219 e. The van der Waals surface area contributed by atoms with Gasteiger partial charge >= 0.3 is 0 Å². The molecule has 0 N–H and O–H groups in total. The lowest BCUT2D eigenvalue weighted by Crippen LogP contribution is -2.22. The summed E-state index contributed by atoms with van der Waals surface area (Å²) in [7, 11) is 1.78. The van der Waals surface area contributed by atoms with E-state index in [-0.39, 0.29) is 13.3 Å². The molecule has 0 aliphatic rings. The van der Waals surface area contributed by atoms with Crippen LogP contribution in [0.1, 0.15) is 21.3 Å². The van der Waals surface area contributed by atoms with Gasteiger partial charge < -0.3 is 4.90 Å². The Morgan fingerprint density at radius 1 is 1.62 bits per heavy atom. The summed E-state index contributed by atoms with van der Waals surface area (Å²) in [4.78, 5) is 12.0. The highest BCUT2D eigenvalue weighted by molar-refractivity contribution is 5.72. The molecule has 50 valence electrons. The average Bonchev–Trinajstić information content (AvgIpc) is 1.65. The van der Waals surface area contributed by atoms with Gasteiger partial charge in [0.15, 0.2) is 0 Å². The maximum atomic E-state index is 10.3. The van der Waals surface area contributed by atoms with E-state index in [0.717, 1.165) is 6.54 Å². The van der Waals surface area contributed by atoms with Crippen LogP contribution in [0, 0.1) is 0 Å². The van der Waals surface area contributed by atoms with Crippen molar-refractivity contribution in [3.05, 3.63) is 0 Å². The number of carbonyl (C=O) groups is 1. The Morgan fingerprint density at radius 2 is 2.00 bits per heavy atom. The molecule has 0 atom stereocenters. The molecule has 8 heavy (non-hydrogen) atoms. The third-order valence-corrected chi connectivity index (χ3v) is 1.01. The zero-order valence-electron chi connectivity index (χ0n) is 5.06. The van der Waals surface area contributed by atoms with E-state index < -0.39 is 0 Å². The first-order chi connectivity index (χ1) is 3.18. The first-order valence-electron chi connectivity index (χ1n) is 2.40. The van der Waals surface area contributed by atoms with Crippen LogP contribution >= 0.6 is 0 Å². The average molecular weight is 117 g/mol. The normalized spacial score (nSPS) is 7.38. The lowest BCUT2D eigenvalue weighted by molar-refractivity contribution is -0.127. The van der Waals surface area contributed by atoms with Crippen molar-refractivity contribution in [1.29, 1.82) is 0 Å². The molecule has 0 aliphatic heterocycles. The van der Waals surface area contributed by atoms with Crippen molar-refractivity contribution in [3.63, 3.8) is 0 Å². The van der Waals surface area contributed by atoms with Gasteiger partial charge in [0.2, 0.25) is 5.91 Å². The molecular weight excluding hydrogens is 102 g/mol. The van der Waals surface area contributed by atoms with E-state index in [1.165, 1.54) is 0 Å². The van der Waals surface area contributed by atoms with Crippen molar-refractivity contribution in [2.45, 2.75) is 21.3 Å². The van der Waals surface area contributed by atoms with Gasteiger partial charge in [-0.1, -0.05) is 7.43 Å². The molecule has 0 radical (unpaired) electrons. The predicted molar refractivity (Wildman–Crippen MR) is 35.7 cm³/mol. The van der Waals surface area contributed by atoms with Gasteiger partial charge in [0.1, 0.15) is 0 Å². The zero-order valence-corrected chi connectivity index (χ0v) is 5.06. The molecule has 0 rings (SSSR count). The van der Waals surface area contributed by atoms with Crippen LogP contribution in [0.4, 0.5) is 0 Å². The predicted octanol–water partition coefficient (Wildman–Crippen LogP) is 1.12. The number of hydrogen-bond acceptors (Lipinski definition) is 1. The summed E-state index contributed by atoms with van der Waals surface area (Å²) in [6.45, 7) is 4.31. The second kappa shape index (κ2) is 4.62. The molecule has 2 nitrogen and oxygen atoms in total. The summed E-state index contributed by atoms with van der Waals surface area (Å²) in [5.74, 6) is 0.127. The summed E-state index contributed by atoms with van der Waals surface area (Å²) in [6, 6.07) is 0. The molecule has 0 spiro atoms. The van der Waals surface area contributed by atoms with E-state index in [9.17, 15) is 4.79 Å². The molecule has 0 unspecified atom stereocenters. The van der Waals surface area contributed by atoms with Crippen molar-refractivity contribution < 1.29 is 4.79 Å². The molecule has 0 saturated carbocycles. The van der Waals surface area contributed by atoms with Gasteiger partial charge in [-0.25, -0.2) is 0 Å². The molecule has 0 heterocycles. The number of rotatable bonds is 1. The summed E-state index contributed by atoms with van der Waals surface area (Å²) in [6.07, 6.45) is 0. The minimum absolute atomic E-state index is 0. The molecule has 0 fully saturated rings. The van der Waals surface area contributed by atoms with Crippen molar-refractivity contribution in [1.82, 2.24) is 4.90 Å². The molecule has 0 bridgehead atoms. The van der Waals surface area contributed by atoms with Crippen LogP contribution in [0.5, 0.6) is 0 Å². The van der Waals surface area contributed by atoms with Crippen molar-refractivity contribution in [3.8, 4) is 0 Å². The Hall–Kier alpha value is -0.530. The topological polar surface area (TPSA) is 20.3 Å². The summed E-state index contributed by atoms with van der Waals surface area (Å²) >= 11 is 0. The van der Waals surface area contributed by atoms with Crippen molar-refractivity contribution >= 4 is 5.91 Å². The quantitative estimate of drug-likeness (QED) is 0.504. The van der Waals surface area contributed by atoms with Crippen LogP contribution in [0.3, 0.4) is 0 Å². The van der Waals surface area contributed by atoms with Crippen LogP contribution in [0.25, 0.3) is 0 Å². The van der Waals surface area contributed by atoms with Gasteiger partial charge in [-0.3, -0.25) is 4.79 Å². The second-order valence-electron chi connectivity index (χ2n) is 1.53. The highest BCUT2D eigenvalue weighted by Crippen LogP contribution is 1.78. The lowest BCUT2D eigenvalue weighted by atomic mass is 10.6. The van der Waals surface area contributed by atoms with Crippen molar-refractivity contribution in [2.75, 3.05) is 13.6 Å². The van der Waals surface area contributed by atoms with Gasteiger partial charge in [-0.15, -0.1) is 0 Å². The third kappa shape index (κ3) is 3.65. The standard InChI is InChI=1S/C5H11NO.CH4/c1-4-6(3)5(2)7;/h4H2,1-3H3;1H4. The second-order valence-corrected chi connectivity index (χ2v) is 1.53. The number of carbonyl (C=O) groups excluding carboxylic acids is 1. The summed E-state index contributed by atoms with van der Waals surface area (Å²) in [5, 5.41) is 0. The van der Waals surface area contributed by atoms with Gasteiger partial charge in [0, 0.05) is 20.5 Å². The van der Waals surface area contributed by atoms with Crippen LogP contribution in [0.2, 0.25) is 0 Å². The van der Waals surface area contributed by atoms with Gasteiger partial charge in [-0.05, 0) is 6.92 Å². The van der Waals surface area contributed by atoms with E-state index in [2.05, 4.69) is 0 Å². The highest BCUT2D eigenvalue weighted by atomic mass is 16.2.